The number of amides is 1. The van der Waals surface area contributed by atoms with Crippen LogP contribution in [-0.2, 0) is 14.6 Å². The van der Waals surface area contributed by atoms with E-state index < -0.39 is 20.3 Å². The van der Waals surface area contributed by atoms with E-state index in [4.69, 9.17) is 0 Å². The maximum absolute atomic E-state index is 12.3. The van der Waals surface area contributed by atoms with Crippen molar-refractivity contribution in [2.75, 3.05) is 32.7 Å². The number of aliphatic hydroxyl groups is 1. The van der Waals surface area contributed by atoms with E-state index in [2.05, 4.69) is 4.90 Å². The molecule has 21 heavy (non-hydrogen) atoms. The number of sulfone groups is 1. The zero-order valence-corrected chi connectivity index (χ0v) is 14.3. The van der Waals surface area contributed by atoms with Crippen LogP contribution < -0.4 is 0 Å². The minimum absolute atomic E-state index is 0.306. The maximum Gasteiger partial charge on any atom is 0.240 e. The van der Waals surface area contributed by atoms with Gasteiger partial charge in [-0.05, 0) is 27.2 Å². The molecule has 1 aliphatic rings. The Morgan fingerprint density at radius 2 is 1.67 bits per heavy atom. The van der Waals surface area contributed by atoms with Gasteiger partial charge < -0.3 is 10.0 Å². The van der Waals surface area contributed by atoms with Gasteiger partial charge in [-0.15, -0.1) is 0 Å². The van der Waals surface area contributed by atoms with Gasteiger partial charge in [-0.25, -0.2) is 8.42 Å². The second kappa shape index (κ2) is 7.56. The van der Waals surface area contributed by atoms with Gasteiger partial charge in [-0.3, -0.25) is 9.69 Å². The molecule has 0 aromatic heterocycles. The van der Waals surface area contributed by atoms with Crippen LogP contribution >= 0.6 is 0 Å². The van der Waals surface area contributed by atoms with Gasteiger partial charge in [0.2, 0.25) is 5.91 Å². The second-order valence-corrected chi connectivity index (χ2v) is 8.80. The number of nitrogens with zero attached hydrogens (tertiary/aromatic N) is 2. The first-order chi connectivity index (χ1) is 9.70. The lowest BCUT2D eigenvalue weighted by atomic mass is 10.2. The molecule has 0 radical (unpaired) electrons. The Hall–Kier alpha value is -0.660. The number of hydrogen-bond acceptors (Lipinski definition) is 5. The number of carbonyl (C=O) groups excluding carboxylic acids is 1. The number of piperazine rings is 1. The Morgan fingerprint density at radius 1 is 1.14 bits per heavy atom. The highest BCUT2D eigenvalue weighted by atomic mass is 32.2. The molecule has 1 fully saturated rings. The minimum Gasteiger partial charge on any atom is -0.392 e. The van der Waals surface area contributed by atoms with Gasteiger partial charge in [-0.1, -0.05) is 6.92 Å². The highest BCUT2D eigenvalue weighted by molar-refractivity contribution is 7.93. The summed E-state index contributed by atoms with van der Waals surface area (Å²) >= 11 is 0. The molecule has 7 heteroatoms. The van der Waals surface area contributed by atoms with Crippen molar-refractivity contribution in [2.24, 2.45) is 0 Å². The van der Waals surface area contributed by atoms with E-state index in [-0.39, 0.29) is 12.0 Å². The number of aliphatic hydroxyl groups excluding tert-OH is 1. The first-order valence-corrected chi connectivity index (χ1v) is 9.23. The SMILES string of the molecule is CC[C@H](O)CN1CCN(C(=O)[C@@H](C)S(=O)(=O)C(C)C)CC1. The highest BCUT2D eigenvalue weighted by Gasteiger charge is 2.34. The molecule has 0 aromatic rings. The van der Waals surface area contributed by atoms with Crippen LogP contribution in [0.15, 0.2) is 0 Å². The Labute approximate surface area is 128 Å². The van der Waals surface area contributed by atoms with Crippen molar-refractivity contribution in [1.29, 1.82) is 0 Å². The molecule has 0 aromatic carbocycles. The lowest BCUT2D eigenvalue weighted by Gasteiger charge is -2.36. The first-order valence-electron chi connectivity index (χ1n) is 7.62. The molecule has 124 valence electrons. The summed E-state index contributed by atoms with van der Waals surface area (Å²) in [7, 11) is -3.41. The topological polar surface area (TPSA) is 77.9 Å². The van der Waals surface area contributed by atoms with Crippen LogP contribution in [0, 0.1) is 0 Å². The molecular formula is C14H28N2O4S. The van der Waals surface area contributed by atoms with Crippen molar-refractivity contribution in [3.63, 3.8) is 0 Å². The zero-order valence-electron chi connectivity index (χ0n) is 13.4. The fourth-order valence-corrected chi connectivity index (χ4v) is 3.63. The zero-order chi connectivity index (χ0) is 16.2. The van der Waals surface area contributed by atoms with Gasteiger partial charge in [0.05, 0.1) is 11.4 Å². The molecule has 1 rings (SSSR count). The highest BCUT2D eigenvalue weighted by Crippen LogP contribution is 2.14. The Balaban J connectivity index is 2.56. The Bertz CT molecular complexity index is 442. The van der Waals surface area contributed by atoms with E-state index in [9.17, 15) is 18.3 Å². The van der Waals surface area contributed by atoms with Crippen LogP contribution in [-0.4, -0.2) is 78.6 Å². The summed E-state index contributed by atoms with van der Waals surface area (Å²) in [5.74, 6) is -0.306. The van der Waals surface area contributed by atoms with Crippen molar-refractivity contribution in [3.8, 4) is 0 Å². The molecule has 2 atom stereocenters. The smallest absolute Gasteiger partial charge is 0.240 e. The average molecular weight is 320 g/mol. The summed E-state index contributed by atoms with van der Waals surface area (Å²) in [5, 5.41) is 8.11. The molecule has 0 bridgehead atoms. The fraction of sp³-hybridized carbons (Fsp3) is 0.929. The van der Waals surface area contributed by atoms with E-state index in [1.54, 1.807) is 18.7 Å². The van der Waals surface area contributed by atoms with Gasteiger partial charge in [0, 0.05) is 32.7 Å². The molecule has 0 unspecified atom stereocenters. The van der Waals surface area contributed by atoms with Crippen molar-refractivity contribution in [2.45, 2.75) is 50.7 Å². The predicted molar refractivity (Wildman–Crippen MR) is 82.8 cm³/mol. The minimum atomic E-state index is -3.41. The summed E-state index contributed by atoms with van der Waals surface area (Å²) in [6.07, 6.45) is 0.371. The predicted octanol–water partition coefficient (Wildman–Crippen LogP) is 0.113. The third-order valence-corrected chi connectivity index (χ3v) is 6.62. The first kappa shape index (κ1) is 18.4. The van der Waals surface area contributed by atoms with Crippen LogP contribution in [0.25, 0.3) is 0 Å². The number of hydrogen-bond donors (Lipinski definition) is 1. The van der Waals surface area contributed by atoms with Crippen LogP contribution in [0.1, 0.15) is 34.1 Å². The molecule has 1 N–H and O–H groups in total. The molecule has 0 spiro atoms. The Morgan fingerprint density at radius 3 is 2.10 bits per heavy atom. The standard InChI is InChI=1S/C14H28N2O4S/c1-5-13(17)10-15-6-8-16(9-7-15)14(18)12(4)21(19,20)11(2)3/h11-13,17H,5-10H2,1-4H3/t12-,13+/m1/s1. The van der Waals surface area contributed by atoms with Gasteiger partial charge in [0.25, 0.3) is 0 Å². The quantitative estimate of drug-likeness (QED) is 0.752. The third kappa shape index (κ3) is 4.66. The van der Waals surface area contributed by atoms with E-state index in [0.29, 0.717) is 39.1 Å². The van der Waals surface area contributed by atoms with Gasteiger partial charge >= 0.3 is 0 Å². The van der Waals surface area contributed by atoms with Crippen LogP contribution in [0.3, 0.4) is 0 Å². The number of rotatable bonds is 6. The van der Waals surface area contributed by atoms with E-state index >= 15 is 0 Å². The largest absolute Gasteiger partial charge is 0.392 e. The monoisotopic (exact) mass is 320 g/mol. The summed E-state index contributed by atoms with van der Waals surface area (Å²) in [4.78, 5) is 16.0. The molecule has 0 saturated carbocycles. The molecule has 0 aliphatic carbocycles. The lowest BCUT2D eigenvalue weighted by Crippen LogP contribution is -2.53. The molecule has 1 saturated heterocycles. The summed E-state index contributed by atoms with van der Waals surface area (Å²) < 4.78 is 24.1. The molecule has 1 amide bonds. The van der Waals surface area contributed by atoms with E-state index in [1.807, 2.05) is 6.92 Å². The molecular weight excluding hydrogens is 292 g/mol. The van der Waals surface area contributed by atoms with Gasteiger partial charge in [-0.2, -0.15) is 0 Å². The van der Waals surface area contributed by atoms with Gasteiger partial charge in [0.15, 0.2) is 9.84 Å². The summed E-state index contributed by atoms with van der Waals surface area (Å²) in [6, 6.07) is 0. The van der Waals surface area contributed by atoms with Crippen LogP contribution in [0.2, 0.25) is 0 Å². The second-order valence-electron chi connectivity index (χ2n) is 5.97. The average Bonchev–Trinajstić information content (AvgIpc) is 2.46. The van der Waals surface area contributed by atoms with E-state index in [0.717, 1.165) is 0 Å². The van der Waals surface area contributed by atoms with Crippen molar-refractivity contribution in [3.05, 3.63) is 0 Å². The lowest BCUT2D eigenvalue weighted by molar-refractivity contribution is -0.132. The number of carbonyl (C=O) groups is 1. The summed E-state index contributed by atoms with van der Waals surface area (Å²) in [5.41, 5.74) is 0. The fourth-order valence-electron chi connectivity index (χ4n) is 2.38. The maximum atomic E-state index is 12.3. The van der Waals surface area contributed by atoms with Crippen molar-refractivity contribution < 1.29 is 18.3 Å². The van der Waals surface area contributed by atoms with E-state index in [1.165, 1.54) is 6.92 Å². The molecule has 1 heterocycles. The normalized spacial score (nSPS) is 20.6. The van der Waals surface area contributed by atoms with Crippen LogP contribution in [0.4, 0.5) is 0 Å². The van der Waals surface area contributed by atoms with Crippen molar-refractivity contribution in [1.82, 2.24) is 9.80 Å². The van der Waals surface area contributed by atoms with Crippen LogP contribution in [0.5, 0.6) is 0 Å². The third-order valence-electron chi connectivity index (χ3n) is 4.12. The number of β-amino-alcohol motifs (C(OH)–C–C–N with tert-alkyl or cyclic N) is 1. The Kier molecular flexibility index (Phi) is 6.62. The molecule has 1 aliphatic heterocycles. The summed E-state index contributed by atoms with van der Waals surface area (Å²) in [6.45, 7) is 9.62. The van der Waals surface area contributed by atoms with Crippen molar-refractivity contribution >= 4 is 15.7 Å². The molecule has 6 nitrogen and oxygen atoms in total. The van der Waals surface area contributed by atoms with Gasteiger partial charge in [0.1, 0.15) is 5.25 Å².